The van der Waals surface area contributed by atoms with Crippen molar-refractivity contribution in [2.75, 3.05) is 25.7 Å². The van der Waals surface area contributed by atoms with E-state index in [1.165, 1.54) is 17.7 Å². The summed E-state index contributed by atoms with van der Waals surface area (Å²) in [5.41, 5.74) is 2.10. The average Bonchev–Trinajstić information content (AvgIpc) is 3.12. The average molecular weight is 485 g/mol. The second-order valence-electron chi connectivity index (χ2n) is 7.96. The molecule has 0 aliphatic heterocycles. The molecule has 0 saturated carbocycles. The van der Waals surface area contributed by atoms with Crippen LogP contribution in [-0.2, 0) is 9.84 Å². The fourth-order valence-corrected chi connectivity index (χ4v) is 4.99. The van der Waals surface area contributed by atoms with Crippen molar-refractivity contribution >= 4 is 20.9 Å². The third-order valence-corrected chi connectivity index (χ3v) is 6.47. The Morgan fingerprint density at radius 1 is 1.06 bits per heavy atom. The van der Waals surface area contributed by atoms with Crippen molar-refractivity contribution in [2.24, 2.45) is 0 Å². The van der Waals surface area contributed by atoms with Crippen molar-refractivity contribution < 1.29 is 22.3 Å². The van der Waals surface area contributed by atoms with E-state index < -0.39 is 21.6 Å². The number of hydrogen-bond donors (Lipinski definition) is 1. The van der Waals surface area contributed by atoms with Crippen LogP contribution >= 0.6 is 0 Å². The molecule has 0 radical (unpaired) electrons. The molecule has 0 aliphatic carbocycles. The third-order valence-electron chi connectivity index (χ3n) is 5.55. The van der Waals surface area contributed by atoms with Crippen LogP contribution in [0.3, 0.4) is 0 Å². The molecule has 0 fully saturated rings. The first kappa shape index (κ1) is 23.6. The summed E-state index contributed by atoms with van der Waals surface area (Å²) < 4.78 is 51.4. The monoisotopic (exact) mass is 484 g/mol. The minimum absolute atomic E-state index is 0.299. The largest absolute Gasteiger partial charge is 0.493 e. The molecule has 9 heteroatoms. The Balaban J connectivity index is 1.89. The van der Waals surface area contributed by atoms with Crippen LogP contribution in [0.25, 0.3) is 22.2 Å². The lowest BCUT2D eigenvalue weighted by atomic mass is 10.0. The maximum Gasteiger partial charge on any atom is 0.327 e. The van der Waals surface area contributed by atoms with Crippen molar-refractivity contribution in [3.05, 3.63) is 82.5 Å². The predicted octanol–water partition coefficient (Wildman–Crippen LogP) is 4.18. The molecule has 1 N–H and O–H groups in total. The van der Waals surface area contributed by atoms with Gasteiger partial charge in [-0.15, -0.1) is 0 Å². The Labute approximate surface area is 196 Å². The van der Waals surface area contributed by atoms with Crippen LogP contribution in [0.2, 0.25) is 0 Å². The predicted molar refractivity (Wildman–Crippen MR) is 130 cm³/mol. The minimum Gasteiger partial charge on any atom is -0.493 e. The van der Waals surface area contributed by atoms with Crippen LogP contribution in [-0.4, -0.2) is 43.7 Å². The normalized spacial score (nSPS) is 12.6. The molecule has 7 nitrogen and oxygen atoms in total. The zero-order valence-electron chi connectivity index (χ0n) is 19.0. The number of aromatic nitrogens is 2. The van der Waals surface area contributed by atoms with Crippen LogP contribution < -0.4 is 15.2 Å². The van der Waals surface area contributed by atoms with Crippen molar-refractivity contribution in [3.8, 4) is 22.6 Å². The molecular weight excluding hydrogens is 459 g/mol. The lowest BCUT2D eigenvalue weighted by Gasteiger charge is -2.20. The molecule has 0 aliphatic rings. The molecule has 0 saturated heterocycles. The summed E-state index contributed by atoms with van der Waals surface area (Å²) >= 11 is 0. The van der Waals surface area contributed by atoms with Gasteiger partial charge in [-0.1, -0.05) is 30.3 Å². The third kappa shape index (κ3) is 4.70. The summed E-state index contributed by atoms with van der Waals surface area (Å²) in [4.78, 5) is 15.9. The number of imidazole rings is 1. The summed E-state index contributed by atoms with van der Waals surface area (Å²) in [5.74, 6) is 0.285. The van der Waals surface area contributed by atoms with Gasteiger partial charge in [-0.2, -0.15) is 0 Å². The van der Waals surface area contributed by atoms with E-state index in [4.69, 9.17) is 9.47 Å². The Morgan fingerprint density at radius 3 is 2.50 bits per heavy atom. The standard InChI is InChI=1S/C25H25FN2O5S/c1-4-33-24-14-17(10-12-23(24)32-2)22(15-34(3,30)31)28-21-11-9-16(13-20(21)27-25(28)29)18-7-5-6-8-19(18)26/h5-14,22H,4,15H2,1-3H3,(H,27,29)/t22-/m1/s1. The Bertz CT molecular complexity index is 1510. The Hall–Kier alpha value is -3.59. The van der Waals surface area contributed by atoms with Crippen LogP contribution in [0.15, 0.2) is 65.5 Å². The van der Waals surface area contributed by atoms with Gasteiger partial charge in [-0.3, -0.25) is 4.57 Å². The molecule has 0 spiro atoms. The van der Waals surface area contributed by atoms with E-state index in [0.29, 0.717) is 45.8 Å². The first-order chi connectivity index (χ1) is 16.2. The molecule has 0 unspecified atom stereocenters. The first-order valence-electron chi connectivity index (χ1n) is 10.7. The topological polar surface area (TPSA) is 90.4 Å². The van der Waals surface area contributed by atoms with Gasteiger partial charge in [-0.05, 0) is 48.4 Å². The van der Waals surface area contributed by atoms with E-state index in [0.717, 1.165) is 6.26 Å². The molecule has 34 heavy (non-hydrogen) atoms. The van der Waals surface area contributed by atoms with Gasteiger partial charge in [0.05, 0.1) is 36.5 Å². The molecule has 4 aromatic rings. The van der Waals surface area contributed by atoms with E-state index in [9.17, 15) is 17.6 Å². The minimum atomic E-state index is -3.48. The lowest BCUT2D eigenvalue weighted by molar-refractivity contribution is 0.310. The van der Waals surface area contributed by atoms with E-state index >= 15 is 0 Å². The molecule has 0 bridgehead atoms. The van der Waals surface area contributed by atoms with Gasteiger partial charge in [-0.25, -0.2) is 17.6 Å². The smallest absolute Gasteiger partial charge is 0.327 e. The van der Waals surface area contributed by atoms with Gasteiger partial charge < -0.3 is 14.5 Å². The van der Waals surface area contributed by atoms with E-state index in [1.807, 2.05) is 6.92 Å². The Morgan fingerprint density at radius 2 is 1.82 bits per heavy atom. The van der Waals surface area contributed by atoms with Gasteiger partial charge in [0, 0.05) is 11.8 Å². The van der Waals surface area contributed by atoms with Crippen LogP contribution in [0, 0.1) is 5.82 Å². The summed E-state index contributed by atoms with van der Waals surface area (Å²) in [6.07, 6.45) is 1.13. The number of ether oxygens (including phenoxy) is 2. The highest BCUT2D eigenvalue weighted by molar-refractivity contribution is 7.90. The van der Waals surface area contributed by atoms with Crippen LogP contribution in [0.5, 0.6) is 11.5 Å². The fraction of sp³-hybridized carbons (Fsp3) is 0.240. The summed E-state index contributed by atoms with van der Waals surface area (Å²) in [7, 11) is -1.96. The molecule has 1 aromatic heterocycles. The van der Waals surface area contributed by atoms with Gasteiger partial charge in [0.2, 0.25) is 0 Å². The van der Waals surface area contributed by atoms with Gasteiger partial charge in [0.25, 0.3) is 0 Å². The Kier molecular flexibility index (Phi) is 6.47. The number of halogens is 1. The maximum absolute atomic E-state index is 14.3. The van der Waals surface area contributed by atoms with E-state index in [1.54, 1.807) is 54.6 Å². The number of fused-ring (bicyclic) bond motifs is 1. The quantitative estimate of drug-likeness (QED) is 0.405. The van der Waals surface area contributed by atoms with E-state index in [-0.39, 0.29) is 11.6 Å². The summed E-state index contributed by atoms with van der Waals surface area (Å²) in [6, 6.07) is 15.7. The molecule has 4 rings (SSSR count). The number of methoxy groups -OCH3 is 1. The second kappa shape index (κ2) is 9.34. The number of aromatic amines is 1. The van der Waals surface area contributed by atoms with Gasteiger partial charge in [0.15, 0.2) is 11.5 Å². The highest BCUT2D eigenvalue weighted by Crippen LogP contribution is 2.33. The van der Waals surface area contributed by atoms with Crippen LogP contribution in [0.4, 0.5) is 4.39 Å². The number of H-pyrrole nitrogens is 1. The van der Waals surface area contributed by atoms with Gasteiger partial charge in [0.1, 0.15) is 15.7 Å². The first-order valence-corrected chi connectivity index (χ1v) is 12.8. The van der Waals surface area contributed by atoms with Gasteiger partial charge >= 0.3 is 5.69 Å². The maximum atomic E-state index is 14.3. The summed E-state index contributed by atoms with van der Waals surface area (Å²) in [6.45, 7) is 2.22. The van der Waals surface area contributed by atoms with Crippen molar-refractivity contribution in [3.63, 3.8) is 0 Å². The summed E-state index contributed by atoms with van der Waals surface area (Å²) in [5, 5.41) is 0. The molecule has 1 heterocycles. The SMILES string of the molecule is CCOc1cc([C@@H](CS(C)(=O)=O)n2c(=O)[nH]c3cc(-c4ccccc4F)ccc32)ccc1OC. The highest BCUT2D eigenvalue weighted by Gasteiger charge is 2.25. The van der Waals surface area contributed by atoms with Crippen molar-refractivity contribution in [1.29, 1.82) is 0 Å². The molecule has 3 aromatic carbocycles. The fourth-order valence-electron chi connectivity index (χ4n) is 4.08. The lowest BCUT2D eigenvalue weighted by Crippen LogP contribution is -2.28. The van der Waals surface area contributed by atoms with Crippen molar-refractivity contribution in [2.45, 2.75) is 13.0 Å². The molecule has 1 atom stereocenters. The molecule has 178 valence electrons. The van der Waals surface area contributed by atoms with Crippen LogP contribution in [0.1, 0.15) is 18.5 Å². The van der Waals surface area contributed by atoms with Crippen molar-refractivity contribution in [1.82, 2.24) is 9.55 Å². The second-order valence-corrected chi connectivity index (χ2v) is 10.1. The number of rotatable bonds is 8. The van der Waals surface area contributed by atoms with E-state index in [2.05, 4.69) is 4.98 Å². The number of nitrogens with one attached hydrogen (secondary N) is 1. The number of nitrogens with zero attached hydrogens (tertiary/aromatic N) is 1. The number of hydrogen-bond acceptors (Lipinski definition) is 5. The molecule has 0 amide bonds. The zero-order chi connectivity index (χ0) is 24.5. The zero-order valence-corrected chi connectivity index (χ0v) is 19.9. The molecular formula is C25H25FN2O5S. The number of sulfone groups is 1. The highest BCUT2D eigenvalue weighted by atomic mass is 32.2. The number of benzene rings is 3.